The van der Waals surface area contributed by atoms with Crippen molar-refractivity contribution in [2.75, 3.05) is 23.5 Å². The predicted molar refractivity (Wildman–Crippen MR) is 249 cm³/mol. The second kappa shape index (κ2) is 13.8. The van der Waals surface area contributed by atoms with Gasteiger partial charge in [0, 0.05) is 59.6 Å². The van der Waals surface area contributed by atoms with Gasteiger partial charge < -0.3 is 14.5 Å². The minimum atomic E-state index is -0.0391. The van der Waals surface area contributed by atoms with E-state index in [1.807, 2.05) is 12.4 Å². The Labute approximate surface area is 358 Å². The minimum Gasteiger partial charge on any atom is -0.457 e. The van der Waals surface area contributed by atoms with Crippen LogP contribution in [0.25, 0.3) is 38.8 Å². The van der Waals surface area contributed by atoms with Gasteiger partial charge in [-0.1, -0.05) is 48.0 Å². The molecule has 0 radical (unpaired) electrons. The van der Waals surface area contributed by atoms with E-state index in [1.54, 1.807) is 0 Å². The molecule has 4 bridgehead atoms. The summed E-state index contributed by atoms with van der Waals surface area (Å²) in [6, 6.07) is 44.7. The van der Waals surface area contributed by atoms with Crippen molar-refractivity contribution < 1.29 is 4.74 Å². The van der Waals surface area contributed by atoms with Crippen molar-refractivity contribution in [1.29, 1.82) is 0 Å². The SMILES string of the molecule is Cc1cc(C)c(-c2cc(Oc3ccc4c5ccccc5n(-c5cc(C6(c7ccncc7)C7CC8CC(C7)CC6C8)ccn5)c4c3)cc(N3CN(C)c4ccccc43)c2)c(C)c1. The van der Waals surface area contributed by atoms with E-state index in [1.165, 1.54) is 87.6 Å². The quantitative estimate of drug-likeness (QED) is 0.161. The fourth-order valence-corrected chi connectivity index (χ4v) is 13.0. The topological polar surface area (TPSA) is 46.4 Å². The average molecular weight is 798 g/mol. The van der Waals surface area contributed by atoms with Gasteiger partial charge in [-0.05, 0) is 177 Å². The lowest BCUT2D eigenvalue weighted by atomic mass is 9.42. The first-order valence-electron chi connectivity index (χ1n) is 22.2. The summed E-state index contributed by atoms with van der Waals surface area (Å²) in [5.74, 6) is 5.54. The van der Waals surface area contributed by atoms with Crippen molar-refractivity contribution >= 4 is 38.9 Å². The number of fused-ring (bicyclic) bond motifs is 4. The van der Waals surface area contributed by atoms with Crippen LogP contribution in [-0.4, -0.2) is 28.3 Å². The van der Waals surface area contributed by atoms with Gasteiger partial charge in [-0.2, -0.15) is 0 Å². The second-order valence-corrected chi connectivity index (χ2v) is 18.7. The number of para-hydroxylation sites is 3. The molecule has 3 aromatic heterocycles. The Kier molecular flexibility index (Phi) is 8.26. The average Bonchev–Trinajstić information content (AvgIpc) is 3.78. The van der Waals surface area contributed by atoms with Gasteiger partial charge in [-0.15, -0.1) is 0 Å². The number of hydrogen-bond donors (Lipinski definition) is 0. The molecule has 4 fully saturated rings. The molecule has 0 amide bonds. The van der Waals surface area contributed by atoms with Crippen molar-refractivity contribution in [1.82, 2.24) is 14.5 Å². The highest BCUT2D eigenvalue weighted by Crippen LogP contribution is 2.65. The van der Waals surface area contributed by atoms with Crippen molar-refractivity contribution in [3.63, 3.8) is 0 Å². The zero-order valence-electron chi connectivity index (χ0n) is 35.5. The Morgan fingerprint density at radius 2 is 1.30 bits per heavy atom. The molecule has 0 spiro atoms. The normalized spacial score (nSPS) is 22.7. The van der Waals surface area contributed by atoms with Gasteiger partial charge >= 0.3 is 0 Å². The molecule has 0 atom stereocenters. The summed E-state index contributed by atoms with van der Waals surface area (Å²) >= 11 is 0. The summed E-state index contributed by atoms with van der Waals surface area (Å²) in [7, 11) is 2.16. The maximum atomic E-state index is 7.03. The van der Waals surface area contributed by atoms with E-state index >= 15 is 0 Å². The summed E-state index contributed by atoms with van der Waals surface area (Å²) in [5, 5.41) is 2.40. The fraction of sp³-hybridized carbons (Fsp3) is 0.273. The number of pyridine rings is 2. The lowest BCUT2D eigenvalue weighted by Gasteiger charge is -2.62. The summed E-state index contributed by atoms with van der Waals surface area (Å²) < 4.78 is 9.40. The van der Waals surface area contributed by atoms with Gasteiger partial charge in [0.1, 0.15) is 17.3 Å². The second-order valence-electron chi connectivity index (χ2n) is 18.7. The van der Waals surface area contributed by atoms with Crippen LogP contribution >= 0.6 is 0 Å². The number of aromatic nitrogens is 3. The predicted octanol–water partition coefficient (Wildman–Crippen LogP) is 13.2. The lowest BCUT2D eigenvalue weighted by Crippen LogP contribution is -2.56. The van der Waals surface area contributed by atoms with Crippen LogP contribution in [0.4, 0.5) is 17.1 Å². The van der Waals surface area contributed by atoms with Crippen LogP contribution in [0.2, 0.25) is 0 Å². The zero-order chi connectivity index (χ0) is 41.0. The van der Waals surface area contributed by atoms with Gasteiger partial charge in [0.2, 0.25) is 0 Å². The maximum Gasteiger partial charge on any atom is 0.137 e. The molecule has 5 aliphatic rings. The van der Waals surface area contributed by atoms with E-state index in [-0.39, 0.29) is 5.41 Å². The molecular formula is C55H51N5O. The van der Waals surface area contributed by atoms with Crippen LogP contribution in [-0.2, 0) is 5.41 Å². The number of rotatable bonds is 7. The molecule has 61 heavy (non-hydrogen) atoms. The lowest BCUT2D eigenvalue weighted by molar-refractivity contribution is -0.0418. The Bertz CT molecular complexity index is 2970. The van der Waals surface area contributed by atoms with Crippen molar-refractivity contribution in [3.8, 4) is 28.4 Å². The molecule has 4 saturated carbocycles. The standard InChI is InChI=1S/C55H51N5O/c1-34-21-35(2)54(36(3)22-34)39-28-44(59-33-58(4)50-11-7-8-12-51(50)59)31-46(29-39)61-45-13-14-48-47-9-5-6-10-49(47)60(52(48)32-45)53-30-41(17-20-57-53)55(40-15-18-56-19-16-40)42-24-37-23-38(26-42)27-43(55)25-37/h5-22,28-32,37-38,42-43H,23-27,33H2,1-4H3. The molecule has 302 valence electrons. The Hall–Kier alpha value is -6.40. The number of benzene rings is 5. The number of hydrogen-bond acceptors (Lipinski definition) is 5. The van der Waals surface area contributed by atoms with Crippen LogP contribution in [0.15, 0.2) is 140 Å². The van der Waals surface area contributed by atoms with Gasteiger partial charge in [0.25, 0.3) is 0 Å². The van der Waals surface area contributed by atoms with Crippen LogP contribution in [0.3, 0.4) is 0 Å². The molecule has 0 N–H and O–H groups in total. The van der Waals surface area contributed by atoms with Crippen LogP contribution in [0.5, 0.6) is 11.5 Å². The number of aryl methyl sites for hydroxylation is 3. The summed E-state index contributed by atoms with van der Waals surface area (Å²) in [4.78, 5) is 14.4. The van der Waals surface area contributed by atoms with Gasteiger partial charge in [-0.25, -0.2) is 4.98 Å². The first-order chi connectivity index (χ1) is 29.8. The van der Waals surface area contributed by atoms with E-state index in [4.69, 9.17) is 9.72 Å². The van der Waals surface area contributed by atoms with Crippen LogP contribution in [0.1, 0.15) is 59.9 Å². The third-order valence-corrected chi connectivity index (χ3v) is 15.0. The minimum absolute atomic E-state index is 0.0391. The highest BCUT2D eigenvalue weighted by Gasteiger charge is 2.58. The van der Waals surface area contributed by atoms with E-state index < -0.39 is 0 Å². The highest BCUT2D eigenvalue weighted by atomic mass is 16.5. The third-order valence-electron chi connectivity index (χ3n) is 15.0. The van der Waals surface area contributed by atoms with E-state index in [2.05, 4.69) is 175 Å². The Morgan fingerprint density at radius 3 is 2.07 bits per heavy atom. The smallest absolute Gasteiger partial charge is 0.137 e. The maximum absolute atomic E-state index is 7.03. The zero-order valence-corrected chi connectivity index (χ0v) is 35.5. The van der Waals surface area contributed by atoms with Gasteiger partial charge in [0.15, 0.2) is 0 Å². The molecule has 13 rings (SSSR count). The summed E-state index contributed by atoms with van der Waals surface area (Å²) in [6.45, 7) is 7.38. The molecule has 6 nitrogen and oxygen atoms in total. The Morgan fingerprint density at radius 1 is 0.607 bits per heavy atom. The molecule has 8 aromatic rings. The number of ether oxygens (including phenoxy) is 1. The molecule has 0 unspecified atom stereocenters. The first-order valence-corrected chi connectivity index (χ1v) is 22.2. The first kappa shape index (κ1) is 36.5. The van der Waals surface area contributed by atoms with Gasteiger partial charge in [-0.3, -0.25) is 9.55 Å². The van der Waals surface area contributed by atoms with Crippen molar-refractivity contribution in [2.24, 2.45) is 23.7 Å². The van der Waals surface area contributed by atoms with Gasteiger partial charge in [0.05, 0.1) is 29.1 Å². The monoisotopic (exact) mass is 797 g/mol. The van der Waals surface area contributed by atoms with Crippen molar-refractivity contribution in [3.05, 3.63) is 168 Å². The third kappa shape index (κ3) is 5.67. The Balaban J connectivity index is 0.995. The largest absolute Gasteiger partial charge is 0.457 e. The molecule has 0 saturated heterocycles. The van der Waals surface area contributed by atoms with E-state index in [0.717, 1.165) is 58.1 Å². The summed E-state index contributed by atoms with van der Waals surface area (Å²) in [6.07, 6.45) is 12.8. The van der Waals surface area contributed by atoms with E-state index in [0.29, 0.717) is 11.8 Å². The van der Waals surface area contributed by atoms with Crippen LogP contribution < -0.4 is 14.5 Å². The fourth-order valence-electron chi connectivity index (χ4n) is 13.0. The molecule has 4 heterocycles. The van der Waals surface area contributed by atoms with Crippen LogP contribution in [0, 0.1) is 44.4 Å². The summed E-state index contributed by atoms with van der Waals surface area (Å²) in [5.41, 5.74) is 14.8. The number of nitrogens with zero attached hydrogens (tertiary/aromatic N) is 5. The number of anilines is 3. The molecule has 1 aliphatic heterocycles. The molecule has 6 heteroatoms. The molecule has 5 aromatic carbocycles. The molecule has 4 aliphatic carbocycles. The van der Waals surface area contributed by atoms with E-state index in [9.17, 15) is 0 Å². The van der Waals surface area contributed by atoms with Crippen molar-refractivity contribution in [2.45, 2.75) is 58.3 Å². The molecular weight excluding hydrogens is 747 g/mol. The highest BCUT2D eigenvalue weighted by molar-refractivity contribution is 6.09.